The van der Waals surface area contributed by atoms with Gasteiger partial charge in [0.05, 0.1) is 44.3 Å². The molecule has 0 radical (unpaired) electrons. The standard InChI is InChI=1S/C15H18N4O4/c1-19-7-12(6-17-19)23-14-9-22-8-13(14)18-15(21)3-10-2-11(20)5-16-4-10/h2,4-7,13-14,20H,3,8-9H2,1H3,(H,18,21)/t13-,14+/m0/s1. The number of aromatic nitrogens is 3. The van der Waals surface area contributed by atoms with Crippen LogP contribution in [0.15, 0.2) is 30.9 Å². The summed E-state index contributed by atoms with van der Waals surface area (Å²) in [5, 5.41) is 16.3. The number of amides is 1. The van der Waals surface area contributed by atoms with Crippen LogP contribution >= 0.6 is 0 Å². The zero-order valence-electron chi connectivity index (χ0n) is 12.7. The average molecular weight is 318 g/mol. The van der Waals surface area contributed by atoms with Crippen molar-refractivity contribution in [3.8, 4) is 11.5 Å². The largest absolute Gasteiger partial charge is 0.506 e. The van der Waals surface area contributed by atoms with Gasteiger partial charge in [-0.25, -0.2) is 0 Å². The number of nitrogens with zero attached hydrogens (tertiary/aromatic N) is 3. The van der Waals surface area contributed by atoms with Crippen LogP contribution in [0.25, 0.3) is 0 Å². The maximum Gasteiger partial charge on any atom is 0.224 e. The van der Waals surface area contributed by atoms with Crippen molar-refractivity contribution in [3.63, 3.8) is 0 Å². The molecule has 0 unspecified atom stereocenters. The Morgan fingerprint density at radius 1 is 1.48 bits per heavy atom. The molecule has 8 heteroatoms. The van der Waals surface area contributed by atoms with Gasteiger partial charge < -0.3 is 19.9 Å². The van der Waals surface area contributed by atoms with E-state index >= 15 is 0 Å². The Balaban J connectivity index is 1.56. The zero-order valence-corrected chi connectivity index (χ0v) is 12.7. The van der Waals surface area contributed by atoms with E-state index in [1.165, 1.54) is 12.3 Å². The lowest BCUT2D eigenvalue weighted by Crippen LogP contribution is -2.45. The van der Waals surface area contributed by atoms with E-state index in [1.54, 1.807) is 30.3 Å². The molecular weight excluding hydrogens is 300 g/mol. The molecule has 0 aromatic carbocycles. The van der Waals surface area contributed by atoms with Gasteiger partial charge in [0.15, 0.2) is 5.75 Å². The van der Waals surface area contributed by atoms with Crippen LogP contribution in [0.5, 0.6) is 11.5 Å². The van der Waals surface area contributed by atoms with Gasteiger partial charge in [0.2, 0.25) is 5.91 Å². The smallest absolute Gasteiger partial charge is 0.224 e. The number of hydrogen-bond acceptors (Lipinski definition) is 6. The van der Waals surface area contributed by atoms with Crippen LogP contribution in [0, 0.1) is 0 Å². The van der Waals surface area contributed by atoms with Gasteiger partial charge in [-0.15, -0.1) is 0 Å². The van der Waals surface area contributed by atoms with Crippen LogP contribution in [0.2, 0.25) is 0 Å². The first-order valence-electron chi connectivity index (χ1n) is 7.25. The Morgan fingerprint density at radius 3 is 3.09 bits per heavy atom. The van der Waals surface area contributed by atoms with Crippen LogP contribution in [0.1, 0.15) is 5.56 Å². The van der Waals surface area contributed by atoms with Crippen LogP contribution < -0.4 is 10.1 Å². The predicted molar refractivity (Wildman–Crippen MR) is 80.0 cm³/mol. The number of hydrogen-bond donors (Lipinski definition) is 2. The summed E-state index contributed by atoms with van der Waals surface area (Å²) < 4.78 is 12.8. The molecule has 122 valence electrons. The second kappa shape index (κ2) is 6.66. The zero-order chi connectivity index (χ0) is 16.2. The van der Waals surface area contributed by atoms with Gasteiger partial charge >= 0.3 is 0 Å². The first-order valence-corrected chi connectivity index (χ1v) is 7.25. The number of aryl methyl sites for hydroxylation is 1. The summed E-state index contributed by atoms with van der Waals surface area (Å²) in [5.74, 6) is 0.504. The molecule has 0 spiro atoms. The van der Waals surface area contributed by atoms with Crippen molar-refractivity contribution in [3.05, 3.63) is 36.4 Å². The van der Waals surface area contributed by atoms with E-state index in [0.29, 0.717) is 24.5 Å². The topological polar surface area (TPSA) is 98.5 Å². The number of ether oxygens (including phenoxy) is 2. The molecule has 3 rings (SSSR count). The first-order chi connectivity index (χ1) is 11.1. The summed E-state index contributed by atoms with van der Waals surface area (Å²) in [7, 11) is 1.81. The van der Waals surface area contributed by atoms with Crippen molar-refractivity contribution in [2.24, 2.45) is 7.05 Å². The molecule has 1 fully saturated rings. The van der Waals surface area contributed by atoms with Crippen LogP contribution in [0.4, 0.5) is 0 Å². The van der Waals surface area contributed by atoms with Gasteiger partial charge in [0, 0.05) is 13.2 Å². The van der Waals surface area contributed by atoms with Crippen LogP contribution in [-0.4, -0.2) is 51.1 Å². The van der Waals surface area contributed by atoms with Gasteiger partial charge in [-0.05, 0) is 11.6 Å². The molecule has 2 atom stereocenters. The molecule has 1 aliphatic rings. The molecule has 2 aromatic heterocycles. The molecule has 1 saturated heterocycles. The van der Waals surface area contributed by atoms with Crippen LogP contribution in [0.3, 0.4) is 0 Å². The van der Waals surface area contributed by atoms with E-state index < -0.39 is 0 Å². The van der Waals surface area contributed by atoms with E-state index in [1.807, 2.05) is 0 Å². The second-order valence-corrected chi connectivity index (χ2v) is 5.45. The number of pyridine rings is 1. The Kier molecular flexibility index (Phi) is 4.42. The van der Waals surface area contributed by atoms with E-state index in [-0.39, 0.29) is 30.2 Å². The minimum absolute atomic E-state index is 0.0392. The summed E-state index contributed by atoms with van der Waals surface area (Å²) >= 11 is 0. The van der Waals surface area contributed by atoms with Crippen molar-refractivity contribution in [2.75, 3.05) is 13.2 Å². The number of rotatable bonds is 5. The maximum atomic E-state index is 12.1. The molecular formula is C15H18N4O4. The molecule has 0 aliphatic carbocycles. The summed E-state index contributed by atoms with van der Waals surface area (Å²) in [6, 6.07) is 1.29. The van der Waals surface area contributed by atoms with Gasteiger partial charge in [-0.3, -0.25) is 14.5 Å². The number of aromatic hydroxyl groups is 1. The molecule has 1 amide bonds. The number of nitrogens with one attached hydrogen (secondary N) is 1. The molecule has 1 aliphatic heterocycles. The van der Waals surface area contributed by atoms with Crippen molar-refractivity contribution in [2.45, 2.75) is 18.6 Å². The monoisotopic (exact) mass is 318 g/mol. The molecule has 2 aromatic rings. The predicted octanol–water partition coefficient (Wildman–Crippen LogP) is 0.0258. The highest BCUT2D eigenvalue weighted by Crippen LogP contribution is 2.16. The molecule has 3 heterocycles. The van der Waals surface area contributed by atoms with Crippen molar-refractivity contribution >= 4 is 5.91 Å². The summed E-state index contributed by atoms with van der Waals surface area (Å²) in [6.45, 7) is 0.808. The fourth-order valence-corrected chi connectivity index (χ4v) is 2.43. The third-order valence-corrected chi connectivity index (χ3v) is 3.49. The Morgan fingerprint density at radius 2 is 2.35 bits per heavy atom. The normalized spacial score (nSPS) is 20.4. The van der Waals surface area contributed by atoms with Gasteiger partial charge in [0.1, 0.15) is 11.9 Å². The minimum atomic E-state index is -0.259. The van der Waals surface area contributed by atoms with Gasteiger partial charge in [0.25, 0.3) is 0 Å². The molecule has 8 nitrogen and oxygen atoms in total. The average Bonchev–Trinajstić information content (AvgIpc) is 3.09. The van der Waals surface area contributed by atoms with Gasteiger partial charge in [-0.2, -0.15) is 5.10 Å². The second-order valence-electron chi connectivity index (χ2n) is 5.45. The summed E-state index contributed by atoms with van der Waals surface area (Å²) in [5.41, 5.74) is 0.645. The quantitative estimate of drug-likeness (QED) is 0.807. The van der Waals surface area contributed by atoms with Crippen molar-refractivity contribution in [1.29, 1.82) is 0 Å². The van der Waals surface area contributed by atoms with Crippen molar-refractivity contribution in [1.82, 2.24) is 20.1 Å². The lowest BCUT2D eigenvalue weighted by atomic mass is 10.1. The fourth-order valence-electron chi connectivity index (χ4n) is 2.43. The fraction of sp³-hybridized carbons (Fsp3) is 0.400. The van der Waals surface area contributed by atoms with Crippen LogP contribution in [-0.2, 0) is 23.0 Å². The lowest BCUT2D eigenvalue weighted by molar-refractivity contribution is -0.121. The highest BCUT2D eigenvalue weighted by atomic mass is 16.5. The third kappa shape index (κ3) is 3.98. The highest BCUT2D eigenvalue weighted by Gasteiger charge is 2.31. The summed E-state index contributed by atoms with van der Waals surface area (Å²) in [6.07, 6.45) is 6.13. The maximum absolute atomic E-state index is 12.1. The molecule has 2 N–H and O–H groups in total. The van der Waals surface area contributed by atoms with E-state index in [0.717, 1.165) is 0 Å². The molecule has 23 heavy (non-hydrogen) atoms. The number of carbonyl (C=O) groups is 1. The molecule has 0 bridgehead atoms. The van der Waals surface area contributed by atoms with Gasteiger partial charge in [-0.1, -0.05) is 0 Å². The van der Waals surface area contributed by atoms with Crippen molar-refractivity contribution < 1.29 is 19.4 Å². The lowest BCUT2D eigenvalue weighted by Gasteiger charge is -2.19. The Labute approximate surface area is 133 Å². The first kappa shape index (κ1) is 15.3. The van der Waals surface area contributed by atoms with E-state index in [9.17, 15) is 9.90 Å². The van der Waals surface area contributed by atoms with E-state index in [4.69, 9.17) is 9.47 Å². The SMILES string of the molecule is Cn1cc(O[C@@H]2COC[C@@H]2NC(=O)Cc2cncc(O)c2)cn1. The Bertz CT molecular complexity index is 688. The minimum Gasteiger partial charge on any atom is -0.506 e. The van der Waals surface area contributed by atoms with E-state index in [2.05, 4.69) is 15.4 Å². The number of carbonyl (C=O) groups excluding carboxylic acids is 1. The Hall–Kier alpha value is -2.61. The highest BCUT2D eigenvalue weighted by molar-refractivity contribution is 5.79. The molecule has 0 saturated carbocycles. The summed E-state index contributed by atoms with van der Waals surface area (Å²) in [4.78, 5) is 16.0. The third-order valence-electron chi connectivity index (χ3n) is 3.49.